The Morgan fingerprint density at radius 2 is 1.85 bits per heavy atom. The lowest BCUT2D eigenvalue weighted by atomic mass is 10.0. The predicted octanol–water partition coefficient (Wildman–Crippen LogP) is 4.68. The van der Waals surface area contributed by atoms with Crippen molar-refractivity contribution in [1.82, 2.24) is 9.55 Å². The molecule has 4 nitrogen and oxygen atoms in total. The first-order valence-electron chi connectivity index (χ1n) is 9.41. The molecule has 2 aromatic heterocycles. The first kappa shape index (κ1) is 17.3. The van der Waals surface area contributed by atoms with Crippen LogP contribution in [0.25, 0.3) is 21.8 Å². The zero-order chi connectivity index (χ0) is 18.8. The van der Waals surface area contributed by atoms with Crippen LogP contribution in [0.5, 0.6) is 0 Å². The van der Waals surface area contributed by atoms with E-state index in [1.165, 1.54) is 24.0 Å². The Balaban J connectivity index is 1.98. The Hall–Kier alpha value is -3.14. The summed E-state index contributed by atoms with van der Waals surface area (Å²) in [5.41, 5.74) is 10.9. The molecular formula is C23H23N3O. The molecule has 0 atom stereocenters. The second-order valence-electron chi connectivity index (χ2n) is 6.96. The smallest absolute Gasteiger partial charge is 0.249 e. The summed E-state index contributed by atoms with van der Waals surface area (Å²) in [5.74, 6) is -0.390. The van der Waals surface area contributed by atoms with Crippen LogP contribution in [-0.2, 0) is 13.0 Å². The van der Waals surface area contributed by atoms with E-state index in [9.17, 15) is 4.79 Å². The molecule has 0 fully saturated rings. The van der Waals surface area contributed by atoms with E-state index in [1.807, 2.05) is 36.7 Å². The van der Waals surface area contributed by atoms with Crippen LogP contribution < -0.4 is 5.73 Å². The molecule has 4 aromatic rings. The summed E-state index contributed by atoms with van der Waals surface area (Å²) in [6.07, 6.45) is 7.02. The number of aromatic nitrogens is 2. The lowest BCUT2D eigenvalue weighted by molar-refractivity contribution is 0.100. The highest BCUT2D eigenvalue weighted by Gasteiger charge is 2.16. The molecule has 2 N–H and O–H groups in total. The maximum absolute atomic E-state index is 12.0. The third kappa shape index (κ3) is 3.19. The number of hydrogen-bond donors (Lipinski definition) is 1. The van der Waals surface area contributed by atoms with E-state index in [-0.39, 0.29) is 0 Å². The molecule has 4 rings (SSSR count). The molecule has 136 valence electrons. The van der Waals surface area contributed by atoms with Crippen molar-refractivity contribution in [3.05, 3.63) is 77.6 Å². The minimum absolute atomic E-state index is 0.390. The predicted molar refractivity (Wildman–Crippen MR) is 110 cm³/mol. The van der Waals surface area contributed by atoms with Gasteiger partial charge < -0.3 is 10.3 Å². The minimum atomic E-state index is -0.390. The van der Waals surface area contributed by atoms with Gasteiger partial charge in [0.1, 0.15) is 0 Å². The SMILES string of the molecule is CCCCc1ccc2c3c(C(N)=O)cccc3n(Cc3ccncc3)c2c1. The van der Waals surface area contributed by atoms with Crippen LogP contribution in [0.3, 0.4) is 0 Å². The fraction of sp³-hybridized carbons (Fsp3) is 0.217. The van der Waals surface area contributed by atoms with E-state index < -0.39 is 5.91 Å². The Labute approximate surface area is 158 Å². The van der Waals surface area contributed by atoms with E-state index in [0.717, 1.165) is 34.8 Å². The quantitative estimate of drug-likeness (QED) is 0.545. The van der Waals surface area contributed by atoms with Gasteiger partial charge in [-0.2, -0.15) is 0 Å². The van der Waals surface area contributed by atoms with Crippen molar-refractivity contribution in [3.63, 3.8) is 0 Å². The summed E-state index contributed by atoms with van der Waals surface area (Å²) < 4.78 is 2.28. The number of pyridine rings is 1. The number of unbranched alkanes of at least 4 members (excludes halogenated alkanes) is 1. The van der Waals surface area contributed by atoms with Gasteiger partial charge in [-0.3, -0.25) is 9.78 Å². The fourth-order valence-electron chi connectivity index (χ4n) is 3.77. The maximum atomic E-state index is 12.0. The highest BCUT2D eigenvalue weighted by molar-refractivity contribution is 6.17. The average molecular weight is 357 g/mol. The van der Waals surface area contributed by atoms with Gasteiger partial charge in [0.05, 0.1) is 5.52 Å². The van der Waals surface area contributed by atoms with Crippen molar-refractivity contribution in [3.8, 4) is 0 Å². The van der Waals surface area contributed by atoms with Crippen molar-refractivity contribution >= 4 is 27.7 Å². The Kier molecular flexibility index (Phi) is 4.63. The molecule has 4 heteroatoms. The van der Waals surface area contributed by atoms with E-state index in [4.69, 9.17) is 5.73 Å². The molecular weight excluding hydrogens is 334 g/mol. The van der Waals surface area contributed by atoms with Gasteiger partial charge in [-0.15, -0.1) is 0 Å². The van der Waals surface area contributed by atoms with Gasteiger partial charge in [-0.1, -0.05) is 31.5 Å². The maximum Gasteiger partial charge on any atom is 0.249 e. The number of nitrogens with two attached hydrogens (primary N) is 1. The molecule has 0 bridgehead atoms. The monoisotopic (exact) mass is 357 g/mol. The summed E-state index contributed by atoms with van der Waals surface area (Å²) in [6, 6.07) is 16.4. The summed E-state index contributed by atoms with van der Waals surface area (Å²) in [4.78, 5) is 16.2. The van der Waals surface area contributed by atoms with Crippen molar-refractivity contribution in [2.45, 2.75) is 32.7 Å². The van der Waals surface area contributed by atoms with Gasteiger partial charge in [0.25, 0.3) is 0 Å². The number of amides is 1. The van der Waals surface area contributed by atoms with E-state index >= 15 is 0 Å². The lowest BCUT2D eigenvalue weighted by Crippen LogP contribution is -2.11. The highest BCUT2D eigenvalue weighted by Crippen LogP contribution is 2.33. The molecule has 2 aromatic carbocycles. The van der Waals surface area contributed by atoms with E-state index in [0.29, 0.717) is 5.56 Å². The van der Waals surface area contributed by atoms with Crippen LogP contribution in [0.4, 0.5) is 0 Å². The fourth-order valence-corrected chi connectivity index (χ4v) is 3.77. The van der Waals surface area contributed by atoms with Gasteiger partial charge in [0.15, 0.2) is 0 Å². The molecule has 0 aliphatic rings. The second-order valence-corrected chi connectivity index (χ2v) is 6.96. The summed E-state index contributed by atoms with van der Waals surface area (Å²) in [5, 5.41) is 2.02. The summed E-state index contributed by atoms with van der Waals surface area (Å²) >= 11 is 0. The molecule has 0 radical (unpaired) electrons. The molecule has 0 saturated carbocycles. The number of nitrogens with zero attached hydrogens (tertiary/aromatic N) is 2. The van der Waals surface area contributed by atoms with Crippen LogP contribution in [0.2, 0.25) is 0 Å². The molecule has 0 saturated heterocycles. The van der Waals surface area contributed by atoms with Gasteiger partial charge in [-0.05, 0) is 54.3 Å². The van der Waals surface area contributed by atoms with Crippen LogP contribution in [0, 0.1) is 0 Å². The zero-order valence-electron chi connectivity index (χ0n) is 15.5. The van der Waals surface area contributed by atoms with Crippen molar-refractivity contribution in [2.75, 3.05) is 0 Å². The summed E-state index contributed by atoms with van der Waals surface area (Å²) in [7, 11) is 0. The Morgan fingerprint density at radius 3 is 2.59 bits per heavy atom. The van der Waals surface area contributed by atoms with Gasteiger partial charge in [-0.25, -0.2) is 0 Å². The number of aryl methyl sites for hydroxylation is 1. The average Bonchev–Trinajstić information content (AvgIpc) is 3.00. The lowest BCUT2D eigenvalue weighted by Gasteiger charge is -2.09. The largest absolute Gasteiger partial charge is 0.366 e. The zero-order valence-corrected chi connectivity index (χ0v) is 15.5. The minimum Gasteiger partial charge on any atom is -0.366 e. The molecule has 0 spiro atoms. The third-order valence-electron chi connectivity index (χ3n) is 5.13. The number of fused-ring (bicyclic) bond motifs is 3. The van der Waals surface area contributed by atoms with E-state index in [2.05, 4.69) is 40.7 Å². The molecule has 27 heavy (non-hydrogen) atoms. The van der Waals surface area contributed by atoms with E-state index in [1.54, 1.807) is 0 Å². The van der Waals surface area contributed by atoms with Crippen LogP contribution in [-0.4, -0.2) is 15.5 Å². The second kappa shape index (κ2) is 7.23. The number of benzene rings is 2. The standard InChI is InChI=1S/C23H23N3O/c1-2-3-5-16-8-9-18-21(14-16)26(15-17-10-12-25-13-11-17)20-7-4-6-19(22(18)20)23(24)27/h4,6-14H,2-3,5,15H2,1H3,(H2,24,27). The number of primary amides is 1. The van der Waals surface area contributed by atoms with Crippen LogP contribution >= 0.6 is 0 Å². The molecule has 0 unspecified atom stereocenters. The first-order valence-corrected chi connectivity index (χ1v) is 9.41. The van der Waals surface area contributed by atoms with Gasteiger partial charge in [0.2, 0.25) is 5.91 Å². The first-order chi connectivity index (χ1) is 13.2. The number of carbonyl (C=O) groups is 1. The molecule has 0 aliphatic carbocycles. The van der Waals surface area contributed by atoms with Crippen LogP contribution in [0.1, 0.15) is 41.3 Å². The Morgan fingerprint density at radius 1 is 1.04 bits per heavy atom. The van der Waals surface area contributed by atoms with Crippen molar-refractivity contribution < 1.29 is 4.79 Å². The summed E-state index contributed by atoms with van der Waals surface area (Å²) in [6.45, 7) is 2.93. The van der Waals surface area contributed by atoms with Gasteiger partial charge >= 0.3 is 0 Å². The van der Waals surface area contributed by atoms with Crippen molar-refractivity contribution in [1.29, 1.82) is 0 Å². The highest BCUT2D eigenvalue weighted by atomic mass is 16.1. The number of carbonyl (C=O) groups excluding carboxylic acids is 1. The number of rotatable bonds is 6. The molecule has 2 heterocycles. The van der Waals surface area contributed by atoms with Crippen LogP contribution in [0.15, 0.2) is 60.9 Å². The molecule has 0 aliphatic heterocycles. The topological polar surface area (TPSA) is 60.9 Å². The third-order valence-corrected chi connectivity index (χ3v) is 5.13. The molecule has 1 amide bonds. The normalized spacial score (nSPS) is 11.3. The van der Waals surface area contributed by atoms with Crippen molar-refractivity contribution in [2.24, 2.45) is 5.73 Å². The number of hydrogen-bond acceptors (Lipinski definition) is 2. The Bertz CT molecular complexity index is 1110. The van der Waals surface area contributed by atoms with Gasteiger partial charge in [0, 0.05) is 40.8 Å².